The Morgan fingerprint density at radius 2 is 2.19 bits per heavy atom. The zero-order valence-electron chi connectivity index (χ0n) is 17.5. The van der Waals surface area contributed by atoms with Gasteiger partial charge in [0.25, 0.3) is 5.91 Å². The average Bonchev–Trinajstić information content (AvgIpc) is 3.43. The molecule has 160 valence electrons. The van der Waals surface area contributed by atoms with Crippen LogP contribution >= 0.6 is 0 Å². The number of hydrogen-bond donors (Lipinski definition) is 2. The molecule has 1 atom stereocenters. The summed E-state index contributed by atoms with van der Waals surface area (Å²) < 4.78 is 13.0. The lowest BCUT2D eigenvalue weighted by Gasteiger charge is -2.41. The van der Waals surface area contributed by atoms with Crippen LogP contribution in [0.25, 0.3) is 5.69 Å². The number of hydrogen-bond acceptors (Lipinski definition) is 8. The van der Waals surface area contributed by atoms with Crippen molar-refractivity contribution in [3.05, 3.63) is 42.6 Å². The Balaban J connectivity index is 1.44. The highest BCUT2D eigenvalue weighted by Crippen LogP contribution is 2.39. The molecule has 2 aromatic heterocycles. The van der Waals surface area contributed by atoms with Gasteiger partial charge in [0.05, 0.1) is 37.6 Å². The molecular formula is C21H23N7O3. The highest BCUT2D eigenvalue weighted by Gasteiger charge is 2.50. The third-order valence-electron chi connectivity index (χ3n) is 5.83. The molecule has 1 unspecified atom stereocenters. The second kappa shape index (κ2) is 7.24. The number of likely N-dealkylation sites (N-methyl/N-ethyl adjacent to an activating group) is 1. The van der Waals surface area contributed by atoms with Crippen LogP contribution in [0, 0.1) is 6.92 Å². The van der Waals surface area contributed by atoms with E-state index in [1.807, 2.05) is 47.8 Å². The van der Waals surface area contributed by atoms with Gasteiger partial charge in [-0.05, 0) is 19.1 Å². The maximum Gasteiger partial charge on any atom is 0.252 e. The van der Waals surface area contributed by atoms with Crippen LogP contribution in [-0.4, -0.2) is 58.3 Å². The maximum absolute atomic E-state index is 12.7. The molecular weight excluding hydrogens is 398 g/mol. The van der Waals surface area contributed by atoms with E-state index in [2.05, 4.69) is 25.6 Å². The summed E-state index contributed by atoms with van der Waals surface area (Å²) >= 11 is 0. The fraction of sp³-hybridized carbons (Fsp3) is 0.333. The van der Waals surface area contributed by atoms with Gasteiger partial charge in [0.2, 0.25) is 5.95 Å². The first-order chi connectivity index (χ1) is 15.0. The lowest BCUT2D eigenvalue weighted by atomic mass is 9.93. The van der Waals surface area contributed by atoms with Crippen molar-refractivity contribution < 1.29 is 14.3 Å². The second-order valence-electron chi connectivity index (χ2n) is 7.71. The van der Waals surface area contributed by atoms with E-state index in [0.29, 0.717) is 42.8 Å². The predicted molar refractivity (Wildman–Crippen MR) is 115 cm³/mol. The number of rotatable bonds is 4. The topological polar surface area (TPSA) is 106 Å². The molecule has 4 heterocycles. The van der Waals surface area contributed by atoms with E-state index in [1.165, 1.54) is 0 Å². The van der Waals surface area contributed by atoms with Gasteiger partial charge < -0.3 is 29.6 Å². The molecule has 10 heteroatoms. The first-order valence-corrected chi connectivity index (χ1v) is 9.96. The van der Waals surface area contributed by atoms with Gasteiger partial charge in [-0.1, -0.05) is 0 Å². The number of anilines is 4. The molecule has 0 radical (unpaired) electrons. The highest BCUT2D eigenvalue weighted by molar-refractivity contribution is 6.06. The highest BCUT2D eigenvalue weighted by atomic mass is 16.5. The normalized spacial score (nSPS) is 20.0. The first-order valence-electron chi connectivity index (χ1n) is 9.96. The fourth-order valence-electron chi connectivity index (χ4n) is 4.02. The van der Waals surface area contributed by atoms with Crippen LogP contribution in [0.3, 0.4) is 0 Å². The van der Waals surface area contributed by atoms with Gasteiger partial charge in [-0.25, -0.2) is 9.97 Å². The molecule has 31 heavy (non-hydrogen) atoms. The minimum atomic E-state index is -0.730. The number of carbonyl (C=O) groups excluding carboxylic acids is 1. The summed E-state index contributed by atoms with van der Waals surface area (Å²) in [6.07, 6.45) is 5.92. The molecule has 2 aliphatic heterocycles. The summed E-state index contributed by atoms with van der Waals surface area (Å²) in [4.78, 5) is 27.8. The zero-order valence-corrected chi connectivity index (χ0v) is 17.5. The quantitative estimate of drug-likeness (QED) is 0.661. The van der Waals surface area contributed by atoms with E-state index in [0.717, 1.165) is 17.1 Å². The van der Waals surface area contributed by atoms with Crippen LogP contribution in [0.1, 0.15) is 12.1 Å². The number of methoxy groups -OCH3 is 1. The van der Waals surface area contributed by atoms with E-state index in [4.69, 9.17) is 9.47 Å². The second-order valence-corrected chi connectivity index (χ2v) is 7.71. The molecule has 10 nitrogen and oxygen atoms in total. The van der Waals surface area contributed by atoms with E-state index in [9.17, 15) is 4.79 Å². The van der Waals surface area contributed by atoms with Crippen molar-refractivity contribution in [1.29, 1.82) is 0 Å². The third kappa shape index (κ3) is 3.15. The van der Waals surface area contributed by atoms with E-state index < -0.39 is 5.54 Å². The molecule has 1 aromatic carbocycles. The number of amides is 1. The fourth-order valence-corrected chi connectivity index (χ4v) is 4.02. The van der Waals surface area contributed by atoms with Crippen molar-refractivity contribution in [2.75, 3.05) is 42.9 Å². The minimum Gasteiger partial charge on any atom is -0.494 e. The van der Waals surface area contributed by atoms with Crippen molar-refractivity contribution in [3.63, 3.8) is 0 Å². The van der Waals surface area contributed by atoms with Crippen molar-refractivity contribution in [2.45, 2.75) is 18.9 Å². The molecule has 1 saturated heterocycles. The van der Waals surface area contributed by atoms with Gasteiger partial charge >= 0.3 is 0 Å². The standard InChI is InChI=1S/C21H23N7O3/c1-13-10-28(12-23-13)16-5-4-14(8-17(16)30-3)24-20-22-9-15-18(26-20)27(2)21(19(29)25-15)6-7-31-11-21/h4-5,8-10,12H,6-7,11H2,1-3H3,(H,25,29)(H,22,24,26). The summed E-state index contributed by atoms with van der Waals surface area (Å²) in [7, 11) is 3.50. The molecule has 2 aliphatic rings. The van der Waals surface area contributed by atoms with Crippen LogP contribution in [0.15, 0.2) is 36.9 Å². The number of aryl methyl sites for hydroxylation is 1. The lowest BCUT2D eigenvalue weighted by molar-refractivity contribution is -0.121. The Morgan fingerprint density at radius 3 is 2.90 bits per heavy atom. The van der Waals surface area contributed by atoms with Crippen LogP contribution < -0.4 is 20.3 Å². The third-order valence-corrected chi connectivity index (χ3v) is 5.83. The van der Waals surface area contributed by atoms with Crippen LogP contribution in [0.5, 0.6) is 5.75 Å². The van der Waals surface area contributed by atoms with Crippen molar-refractivity contribution in [2.24, 2.45) is 0 Å². The van der Waals surface area contributed by atoms with Gasteiger partial charge in [-0.15, -0.1) is 0 Å². The number of fused-ring (bicyclic) bond motifs is 1. The number of carbonyl (C=O) groups is 1. The molecule has 0 saturated carbocycles. The molecule has 1 amide bonds. The van der Waals surface area contributed by atoms with Gasteiger partial charge in [0.1, 0.15) is 17.0 Å². The summed E-state index contributed by atoms with van der Waals surface area (Å²) in [5, 5.41) is 6.14. The van der Waals surface area contributed by atoms with Gasteiger partial charge in [-0.3, -0.25) is 4.79 Å². The summed E-state index contributed by atoms with van der Waals surface area (Å²) in [6.45, 7) is 2.83. The predicted octanol–water partition coefficient (Wildman–Crippen LogP) is 2.27. The van der Waals surface area contributed by atoms with Crippen LogP contribution in [0.4, 0.5) is 23.1 Å². The summed E-state index contributed by atoms with van der Waals surface area (Å²) in [5.74, 6) is 1.68. The van der Waals surface area contributed by atoms with Crippen molar-refractivity contribution >= 4 is 29.0 Å². The van der Waals surface area contributed by atoms with E-state index in [-0.39, 0.29) is 5.91 Å². The monoisotopic (exact) mass is 421 g/mol. The molecule has 5 rings (SSSR count). The van der Waals surface area contributed by atoms with E-state index >= 15 is 0 Å². The zero-order chi connectivity index (χ0) is 21.6. The largest absolute Gasteiger partial charge is 0.494 e. The van der Waals surface area contributed by atoms with Crippen molar-refractivity contribution in [1.82, 2.24) is 19.5 Å². The number of nitrogens with zero attached hydrogens (tertiary/aromatic N) is 5. The lowest BCUT2D eigenvalue weighted by Crippen LogP contribution is -2.59. The van der Waals surface area contributed by atoms with Crippen LogP contribution in [0.2, 0.25) is 0 Å². The Morgan fingerprint density at radius 1 is 1.32 bits per heavy atom. The Kier molecular flexibility index (Phi) is 4.51. The summed E-state index contributed by atoms with van der Waals surface area (Å²) in [5.41, 5.74) is 2.43. The first kappa shape index (κ1) is 19.3. The van der Waals surface area contributed by atoms with Crippen LogP contribution in [-0.2, 0) is 9.53 Å². The number of benzene rings is 1. The Hall–Kier alpha value is -3.66. The van der Waals surface area contributed by atoms with Crippen molar-refractivity contribution in [3.8, 4) is 11.4 Å². The number of nitrogens with one attached hydrogen (secondary N) is 2. The number of aromatic nitrogens is 4. The molecule has 0 aliphatic carbocycles. The number of imidazole rings is 1. The minimum absolute atomic E-state index is 0.0839. The smallest absolute Gasteiger partial charge is 0.252 e. The molecule has 2 N–H and O–H groups in total. The van der Waals surface area contributed by atoms with E-state index in [1.54, 1.807) is 19.6 Å². The van der Waals surface area contributed by atoms with Gasteiger partial charge in [0.15, 0.2) is 5.82 Å². The SMILES string of the molecule is COc1cc(Nc2ncc3c(n2)N(C)C2(CCOC2)C(=O)N3)ccc1-n1cnc(C)c1. The number of ether oxygens (including phenoxy) is 2. The Labute approximate surface area is 179 Å². The molecule has 3 aromatic rings. The molecule has 1 spiro atoms. The average molecular weight is 421 g/mol. The maximum atomic E-state index is 12.7. The van der Waals surface area contributed by atoms with Gasteiger partial charge in [0, 0.05) is 38.0 Å². The molecule has 0 bridgehead atoms. The summed E-state index contributed by atoms with van der Waals surface area (Å²) in [6, 6.07) is 5.75. The van der Waals surface area contributed by atoms with Gasteiger partial charge in [-0.2, -0.15) is 4.98 Å². The Bertz CT molecular complexity index is 1150. The molecule has 1 fully saturated rings.